The molecule has 1 fully saturated rings. The van der Waals surface area contributed by atoms with E-state index in [1.165, 1.54) is 5.69 Å². The summed E-state index contributed by atoms with van der Waals surface area (Å²) in [5.41, 5.74) is 1.24. The summed E-state index contributed by atoms with van der Waals surface area (Å²) in [5.74, 6) is 0.927. The number of benzene rings is 1. The number of ether oxygens (including phenoxy) is 2. The quantitative estimate of drug-likeness (QED) is 0.763. The van der Waals surface area contributed by atoms with Crippen molar-refractivity contribution in [1.82, 2.24) is 5.32 Å². The van der Waals surface area contributed by atoms with Gasteiger partial charge in [0.1, 0.15) is 12.4 Å². The lowest BCUT2D eigenvalue weighted by Gasteiger charge is -2.29. The first-order chi connectivity index (χ1) is 9.40. The maximum Gasteiger partial charge on any atom is 0.121 e. The second-order valence-corrected chi connectivity index (χ2v) is 4.70. The molecule has 1 N–H and O–H groups in total. The van der Waals surface area contributed by atoms with Crippen LogP contribution in [0.3, 0.4) is 0 Å². The lowest BCUT2D eigenvalue weighted by atomic mass is 10.2. The first-order valence-corrected chi connectivity index (χ1v) is 7.16. The molecule has 1 aromatic rings. The molecule has 1 saturated heterocycles. The third-order valence-electron chi connectivity index (χ3n) is 3.14. The van der Waals surface area contributed by atoms with Crippen LogP contribution >= 0.6 is 0 Å². The maximum atomic E-state index is 5.72. The van der Waals surface area contributed by atoms with Crippen molar-refractivity contribution < 1.29 is 9.47 Å². The van der Waals surface area contributed by atoms with E-state index >= 15 is 0 Å². The smallest absolute Gasteiger partial charge is 0.121 e. The van der Waals surface area contributed by atoms with E-state index in [2.05, 4.69) is 35.3 Å². The van der Waals surface area contributed by atoms with Crippen molar-refractivity contribution in [3.8, 4) is 5.75 Å². The van der Waals surface area contributed by atoms with Gasteiger partial charge in [0.05, 0.1) is 6.61 Å². The van der Waals surface area contributed by atoms with Gasteiger partial charge in [-0.1, -0.05) is 13.0 Å². The second-order valence-electron chi connectivity index (χ2n) is 4.70. The van der Waals surface area contributed by atoms with Gasteiger partial charge in [0.25, 0.3) is 0 Å². The van der Waals surface area contributed by atoms with E-state index in [1.54, 1.807) is 0 Å². The highest BCUT2D eigenvalue weighted by Crippen LogP contribution is 2.21. The van der Waals surface area contributed by atoms with Crippen molar-refractivity contribution in [2.75, 3.05) is 50.9 Å². The molecule has 19 heavy (non-hydrogen) atoms. The summed E-state index contributed by atoms with van der Waals surface area (Å²) >= 11 is 0. The summed E-state index contributed by atoms with van der Waals surface area (Å²) < 4.78 is 11.1. The first-order valence-electron chi connectivity index (χ1n) is 7.16. The molecule has 106 valence electrons. The van der Waals surface area contributed by atoms with Gasteiger partial charge in [-0.2, -0.15) is 0 Å². The molecule has 0 saturated carbocycles. The van der Waals surface area contributed by atoms with Crippen molar-refractivity contribution in [2.24, 2.45) is 0 Å². The Labute approximate surface area is 115 Å². The zero-order chi connectivity index (χ0) is 13.3. The number of nitrogens with zero attached hydrogens (tertiary/aromatic N) is 1. The fraction of sp³-hybridized carbons (Fsp3) is 0.600. The maximum absolute atomic E-state index is 5.72. The van der Waals surface area contributed by atoms with Gasteiger partial charge < -0.3 is 19.7 Å². The molecule has 0 unspecified atom stereocenters. The Bertz CT molecular complexity index is 365. The summed E-state index contributed by atoms with van der Waals surface area (Å²) in [4.78, 5) is 2.39. The van der Waals surface area contributed by atoms with Gasteiger partial charge in [0, 0.05) is 44.5 Å². The van der Waals surface area contributed by atoms with E-state index < -0.39 is 0 Å². The topological polar surface area (TPSA) is 33.7 Å². The number of anilines is 1. The summed E-state index contributed by atoms with van der Waals surface area (Å²) in [6, 6.07) is 8.32. The lowest BCUT2D eigenvalue weighted by molar-refractivity contribution is 0.101. The molecule has 0 aliphatic carbocycles. The number of piperazine rings is 1. The van der Waals surface area contributed by atoms with Crippen LogP contribution in [0.25, 0.3) is 0 Å². The Morgan fingerprint density at radius 1 is 1.16 bits per heavy atom. The van der Waals surface area contributed by atoms with Crippen LogP contribution in [0, 0.1) is 0 Å². The normalized spacial score (nSPS) is 15.5. The zero-order valence-electron chi connectivity index (χ0n) is 11.7. The monoisotopic (exact) mass is 264 g/mol. The minimum Gasteiger partial charge on any atom is -0.491 e. The molecule has 0 aromatic heterocycles. The Kier molecular flexibility index (Phi) is 5.98. The number of hydrogen-bond acceptors (Lipinski definition) is 4. The van der Waals surface area contributed by atoms with E-state index in [1.807, 2.05) is 6.07 Å². The van der Waals surface area contributed by atoms with Crippen LogP contribution in [0.1, 0.15) is 13.3 Å². The first kappa shape index (κ1) is 14.2. The van der Waals surface area contributed by atoms with Crippen LogP contribution in [0.5, 0.6) is 5.75 Å². The van der Waals surface area contributed by atoms with E-state index in [0.29, 0.717) is 13.2 Å². The van der Waals surface area contributed by atoms with Crippen LogP contribution in [0.15, 0.2) is 24.3 Å². The molecule has 0 atom stereocenters. The average molecular weight is 264 g/mol. The van der Waals surface area contributed by atoms with Crippen LogP contribution in [-0.4, -0.2) is 46.0 Å². The van der Waals surface area contributed by atoms with Gasteiger partial charge in [0.15, 0.2) is 0 Å². The van der Waals surface area contributed by atoms with Crippen molar-refractivity contribution >= 4 is 5.69 Å². The van der Waals surface area contributed by atoms with Crippen molar-refractivity contribution in [2.45, 2.75) is 13.3 Å². The molecule has 1 heterocycles. The number of rotatable bonds is 7. The molecular weight excluding hydrogens is 240 g/mol. The highest BCUT2D eigenvalue weighted by Gasteiger charge is 2.10. The van der Waals surface area contributed by atoms with E-state index in [-0.39, 0.29) is 0 Å². The minimum atomic E-state index is 0.616. The van der Waals surface area contributed by atoms with Gasteiger partial charge >= 0.3 is 0 Å². The van der Waals surface area contributed by atoms with Gasteiger partial charge in [0.2, 0.25) is 0 Å². The predicted octanol–water partition coefficient (Wildman–Crippen LogP) is 1.90. The third-order valence-corrected chi connectivity index (χ3v) is 3.14. The Morgan fingerprint density at radius 3 is 2.79 bits per heavy atom. The van der Waals surface area contributed by atoms with Crippen LogP contribution in [0.4, 0.5) is 5.69 Å². The van der Waals surface area contributed by atoms with E-state index in [9.17, 15) is 0 Å². The van der Waals surface area contributed by atoms with Crippen molar-refractivity contribution in [1.29, 1.82) is 0 Å². The SMILES string of the molecule is CCCOCCOc1cccc(N2CCNCC2)c1. The fourth-order valence-corrected chi connectivity index (χ4v) is 2.16. The van der Waals surface area contributed by atoms with Gasteiger partial charge in [-0.25, -0.2) is 0 Å². The molecule has 0 spiro atoms. The summed E-state index contributed by atoms with van der Waals surface area (Å²) in [6.07, 6.45) is 1.05. The zero-order valence-corrected chi connectivity index (χ0v) is 11.7. The highest BCUT2D eigenvalue weighted by molar-refractivity contribution is 5.51. The minimum absolute atomic E-state index is 0.616. The molecular formula is C15H24N2O2. The summed E-state index contributed by atoms with van der Waals surface area (Å²) in [7, 11) is 0. The van der Waals surface area contributed by atoms with Gasteiger partial charge in [-0.15, -0.1) is 0 Å². The molecule has 1 aromatic carbocycles. The summed E-state index contributed by atoms with van der Waals surface area (Å²) in [5, 5.41) is 3.36. The molecule has 4 heteroatoms. The van der Waals surface area contributed by atoms with Gasteiger partial charge in [-0.3, -0.25) is 0 Å². The largest absolute Gasteiger partial charge is 0.491 e. The van der Waals surface area contributed by atoms with Crippen molar-refractivity contribution in [3.63, 3.8) is 0 Å². The Balaban J connectivity index is 1.81. The number of hydrogen-bond donors (Lipinski definition) is 1. The lowest BCUT2D eigenvalue weighted by Crippen LogP contribution is -2.43. The van der Waals surface area contributed by atoms with E-state index in [0.717, 1.165) is 45.0 Å². The molecule has 1 aliphatic heterocycles. The third kappa shape index (κ3) is 4.73. The van der Waals surface area contributed by atoms with Crippen LogP contribution < -0.4 is 15.0 Å². The molecule has 4 nitrogen and oxygen atoms in total. The standard InChI is InChI=1S/C15H24N2O2/c1-2-10-18-11-12-19-15-5-3-4-14(13-15)17-8-6-16-7-9-17/h3-5,13,16H,2,6-12H2,1H3. The fourth-order valence-electron chi connectivity index (χ4n) is 2.16. The Hall–Kier alpha value is -1.26. The van der Waals surface area contributed by atoms with Gasteiger partial charge in [-0.05, 0) is 18.6 Å². The predicted molar refractivity (Wildman–Crippen MR) is 78.1 cm³/mol. The Morgan fingerprint density at radius 2 is 2.00 bits per heavy atom. The second kappa shape index (κ2) is 8.02. The molecule has 0 bridgehead atoms. The van der Waals surface area contributed by atoms with Crippen LogP contribution in [0.2, 0.25) is 0 Å². The summed E-state index contributed by atoms with van der Waals surface area (Å²) in [6.45, 7) is 8.41. The molecule has 0 radical (unpaired) electrons. The molecule has 1 aliphatic rings. The van der Waals surface area contributed by atoms with Crippen LogP contribution in [-0.2, 0) is 4.74 Å². The average Bonchev–Trinajstić information content (AvgIpc) is 2.48. The molecule has 0 amide bonds. The van der Waals surface area contributed by atoms with E-state index in [4.69, 9.17) is 9.47 Å². The highest BCUT2D eigenvalue weighted by atomic mass is 16.5. The number of nitrogens with one attached hydrogen (secondary N) is 1. The molecule has 2 rings (SSSR count). The van der Waals surface area contributed by atoms with Crippen molar-refractivity contribution in [3.05, 3.63) is 24.3 Å².